The normalized spacial score (nSPS) is 18.4. The third kappa shape index (κ3) is 8.74. The van der Waals surface area contributed by atoms with Crippen LogP contribution < -0.4 is 16.0 Å². The molecule has 252 valence electrons. The zero-order chi connectivity index (χ0) is 33.4. The van der Waals surface area contributed by atoms with E-state index in [-0.39, 0.29) is 35.8 Å². The Hall–Kier alpha value is -3.73. The van der Waals surface area contributed by atoms with Crippen LogP contribution >= 0.6 is 0 Å². The van der Waals surface area contributed by atoms with Gasteiger partial charge in [-0.15, -0.1) is 0 Å². The number of hydrogen-bond acceptors (Lipinski definition) is 6. The highest BCUT2D eigenvalue weighted by Gasteiger charge is 2.35. The highest BCUT2D eigenvalue weighted by molar-refractivity contribution is 6.02. The molecule has 1 aliphatic carbocycles. The zero-order valence-electron chi connectivity index (χ0n) is 27.9. The van der Waals surface area contributed by atoms with E-state index in [9.17, 15) is 19.2 Å². The number of amides is 4. The minimum atomic E-state index is -0.865. The predicted octanol–water partition coefficient (Wildman–Crippen LogP) is 5.02. The lowest BCUT2D eigenvalue weighted by Gasteiger charge is -2.36. The van der Waals surface area contributed by atoms with Gasteiger partial charge < -0.3 is 30.2 Å². The maximum Gasteiger partial charge on any atom is 0.255 e. The van der Waals surface area contributed by atoms with E-state index in [0.29, 0.717) is 30.0 Å². The first-order valence-electron chi connectivity index (χ1n) is 16.7. The van der Waals surface area contributed by atoms with Gasteiger partial charge in [0.15, 0.2) is 0 Å². The van der Waals surface area contributed by atoms with Crippen LogP contribution in [0.1, 0.15) is 106 Å². The fourth-order valence-electron chi connectivity index (χ4n) is 6.56. The van der Waals surface area contributed by atoms with Gasteiger partial charge >= 0.3 is 0 Å². The average molecular weight is 640 g/mol. The smallest absolute Gasteiger partial charge is 0.255 e. The first-order chi connectivity index (χ1) is 22.0. The van der Waals surface area contributed by atoms with Crippen molar-refractivity contribution in [1.82, 2.24) is 20.4 Å². The lowest BCUT2D eigenvalue weighted by atomic mass is 9.89. The fraction of sp³-hybridized carbons (Fsp3) is 0.600. The van der Waals surface area contributed by atoms with Crippen molar-refractivity contribution < 1.29 is 28.0 Å². The van der Waals surface area contributed by atoms with Gasteiger partial charge in [0.05, 0.1) is 23.4 Å². The van der Waals surface area contributed by atoms with Crippen LogP contribution in [-0.2, 0) is 14.4 Å². The van der Waals surface area contributed by atoms with Crippen molar-refractivity contribution in [1.29, 1.82) is 0 Å². The van der Waals surface area contributed by atoms with Gasteiger partial charge in [0, 0.05) is 44.6 Å². The number of hydrogen-bond donors (Lipinski definition) is 3. The third-order valence-electron chi connectivity index (χ3n) is 9.31. The lowest BCUT2D eigenvalue weighted by Crippen LogP contribution is -2.51. The summed E-state index contributed by atoms with van der Waals surface area (Å²) in [5, 5.41) is 8.56. The number of furan rings is 1. The molecular weight excluding hydrogens is 589 g/mol. The first-order valence-corrected chi connectivity index (χ1v) is 16.7. The second kappa shape index (κ2) is 16.2. The van der Waals surface area contributed by atoms with E-state index in [4.69, 9.17) is 4.42 Å². The molecule has 10 nitrogen and oxygen atoms in total. The molecule has 1 aromatic heterocycles. The van der Waals surface area contributed by atoms with Crippen LogP contribution in [-0.4, -0.2) is 78.7 Å². The third-order valence-corrected chi connectivity index (χ3v) is 9.31. The number of anilines is 1. The molecule has 46 heavy (non-hydrogen) atoms. The Morgan fingerprint density at radius 3 is 2.24 bits per heavy atom. The van der Waals surface area contributed by atoms with Gasteiger partial charge in [-0.25, -0.2) is 4.39 Å². The molecule has 0 spiro atoms. The second-order valence-corrected chi connectivity index (χ2v) is 13.1. The van der Waals surface area contributed by atoms with Crippen LogP contribution in [0.25, 0.3) is 0 Å². The molecule has 3 N–H and O–H groups in total. The molecule has 11 heteroatoms. The highest BCUT2D eigenvalue weighted by atomic mass is 19.1. The molecule has 4 rings (SSSR count). The Balaban J connectivity index is 1.57. The number of halogens is 1. The van der Waals surface area contributed by atoms with Crippen LogP contribution in [0, 0.1) is 11.7 Å². The highest BCUT2D eigenvalue weighted by Crippen LogP contribution is 2.30. The summed E-state index contributed by atoms with van der Waals surface area (Å²) >= 11 is 0. The predicted molar refractivity (Wildman–Crippen MR) is 175 cm³/mol. The van der Waals surface area contributed by atoms with Gasteiger partial charge in [-0.3, -0.25) is 19.2 Å². The summed E-state index contributed by atoms with van der Waals surface area (Å²) in [6, 6.07) is 4.52. The number of likely N-dealkylation sites (N-methyl/N-ethyl adjacent to an activating group) is 1. The molecule has 0 bridgehead atoms. The molecule has 1 aromatic carbocycles. The number of benzene rings is 1. The molecule has 0 radical (unpaired) electrons. The number of piperazine rings is 1. The Bertz CT molecular complexity index is 1360. The summed E-state index contributed by atoms with van der Waals surface area (Å²) in [5.41, 5.74) is 0.763. The van der Waals surface area contributed by atoms with Crippen molar-refractivity contribution in [2.75, 3.05) is 38.5 Å². The van der Waals surface area contributed by atoms with Gasteiger partial charge in [0.2, 0.25) is 17.7 Å². The molecule has 3 atom stereocenters. The van der Waals surface area contributed by atoms with E-state index in [1.165, 1.54) is 18.4 Å². The number of nitrogens with one attached hydrogen (secondary N) is 3. The van der Waals surface area contributed by atoms with Gasteiger partial charge in [0.25, 0.3) is 5.91 Å². The van der Waals surface area contributed by atoms with Crippen molar-refractivity contribution >= 4 is 29.3 Å². The summed E-state index contributed by atoms with van der Waals surface area (Å²) < 4.78 is 21.3. The molecule has 4 amide bonds. The summed E-state index contributed by atoms with van der Waals surface area (Å²) in [7, 11) is 2.00. The SMILES string of the molecule is CCC(=O)N[C@H](C)[C@@H](C(=O)N1CCN(C)CC1)c1ccc(NC(=O)[C@@H](NC(=O)c2ccoc2C(C)C)C2CCCCCC2)c(F)c1. The Morgan fingerprint density at radius 1 is 0.957 bits per heavy atom. The number of rotatable bonds is 11. The van der Waals surface area contributed by atoms with E-state index < -0.39 is 35.6 Å². The standard InChI is InChI=1S/C35H50FN5O5/c1-6-29(42)37-23(4)30(35(45)41-18-16-40(5)17-19-41)25-13-14-28(27(36)21-25)38-34(44)31(24-11-9-7-8-10-12-24)39-33(43)26-15-20-46-32(26)22(2)3/h13-15,20-24,30-31H,6-12,16-19H2,1-5H3,(H,37,42)(H,38,44)(H,39,43)/t23-,30-,31+/m1/s1. The van der Waals surface area contributed by atoms with Gasteiger partial charge in [-0.05, 0) is 56.5 Å². The van der Waals surface area contributed by atoms with E-state index in [0.717, 1.165) is 51.6 Å². The zero-order valence-corrected chi connectivity index (χ0v) is 27.9. The van der Waals surface area contributed by atoms with E-state index >= 15 is 4.39 Å². The number of carbonyl (C=O) groups excluding carboxylic acids is 4. The van der Waals surface area contributed by atoms with Crippen molar-refractivity contribution in [2.45, 2.75) is 96.6 Å². The lowest BCUT2D eigenvalue weighted by molar-refractivity contribution is -0.135. The quantitative estimate of drug-likeness (QED) is 0.297. The summed E-state index contributed by atoms with van der Waals surface area (Å²) in [6.07, 6.45) is 7.32. The van der Waals surface area contributed by atoms with Crippen LogP contribution in [0.4, 0.5) is 10.1 Å². The van der Waals surface area contributed by atoms with Gasteiger partial charge in [-0.2, -0.15) is 0 Å². The monoisotopic (exact) mass is 639 g/mol. The second-order valence-electron chi connectivity index (χ2n) is 13.1. The summed E-state index contributed by atoms with van der Waals surface area (Å²) in [6.45, 7) is 9.89. The number of nitrogens with zero attached hydrogens (tertiary/aromatic N) is 2. The van der Waals surface area contributed by atoms with Crippen molar-refractivity contribution in [3.63, 3.8) is 0 Å². The van der Waals surface area contributed by atoms with Gasteiger partial charge in [-0.1, -0.05) is 52.5 Å². The topological polar surface area (TPSA) is 124 Å². The largest absolute Gasteiger partial charge is 0.468 e. The summed E-state index contributed by atoms with van der Waals surface area (Å²) in [4.78, 5) is 57.1. The van der Waals surface area contributed by atoms with Crippen LogP contribution in [0.2, 0.25) is 0 Å². The summed E-state index contributed by atoms with van der Waals surface area (Å²) in [5.74, 6) is -2.33. The van der Waals surface area contributed by atoms with E-state index in [1.54, 1.807) is 30.9 Å². The van der Waals surface area contributed by atoms with Crippen molar-refractivity contribution in [3.8, 4) is 0 Å². The molecule has 2 heterocycles. The van der Waals surface area contributed by atoms with Crippen LogP contribution in [0.3, 0.4) is 0 Å². The Kier molecular flexibility index (Phi) is 12.4. The molecule has 1 saturated heterocycles. The van der Waals surface area contributed by atoms with Gasteiger partial charge in [0.1, 0.15) is 17.6 Å². The molecule has 0 unspecified atom stereocenters. The minimum Gasteiger partial charge on any atom is -0.468 e. The maximum absolute atomic E-state index is 15.8. The average Bonchev–Trinajstić information content (AvgIpc) is 3.38. The fourth-order valence-corrected chi connectivity index (χ4v) is 6.56. The van der Waals surface area contributed by atoms with Crippen LogP contribution in [0.5, 0.6) is 0 Å². The van der Waals surface area contributed by atoms with E-state index in [1.807, 2.05) is 20.9 Å². The maximum atomic E-state index is 15.8. The van der Waals surface area contributed by atoms with Crippen molar-refractivity contribution in [3.05, 3.63) is 53.2 Å². The molecule has 1 saturated carbocycles. The van der Waals surface area contributed by atoms with Crippen molar-refractivity contribution in [2.24, 2.45) is 5.92 Å². The molecule has 2 aromatic rings. The molecular formula is C35H50FN5O5. The molecule has 2 aliphatic rings. The molecule has 1 aliphatic heterocycles. The Labute approximate surface area is 271 Å². The van der Waals surface area contributed by atoms with Crippen LogP contribution in [0.15, 0.2) is 34.9 Å². The van der Waals surface area contributed by atoms with E-state index in [2.05, 4.69) is 20.9 Å². The Morgan fingerprint density at radius 2 is 1.63 bits per heavy atom. The first kappa shape index (κ1) is 35.1. The minimum absolute atomic E-state index is 0.0153. The number of carbonyl (C=O) groups is 4. The molecule has 2 fully saturated rings.